The van der Waals surface area contributed by atoms with Crippen LogP contribution in [0.5, 0.6) is 0 Å². The molecule has 0 aliphatic carbocycles. The molecular formula is C16H22N2O4Si. The number of benzene rings is 1. The van der Waals surface area contributed by atoms with Gasteiger partial charge in [-0.05, 0) is 18.1 Å². The van der Waals surface area contributed by atoms with E-state index in [0.717, 1.165) is 17.3 Å². The topological polar surface area (TPSA) is 85.2 Å². The maximum absolute atomic E-state index is 11.9. The lowest BCUT2D eigenvalue weighted by atomic mass is 10.0. The molecule has 0 saturated heterocycles. The zero-order valence-corrected chi connectivity index (χ0v) is 15.1. The Hall–Kier alpha value is -2.15. The van der Waals surface area contributed by atoms with Crippen LogP contribution in [-0.4, -0.2) is 31.1 Å². The molecule has 0 bridgehead atoms. The summed E-state index contributed by atoms with van der Waals surface area (Å²) in [7, 11) is -0.672. The van der Waals surface area contributed by atoms with Crippen LogP contribution in [0.1, 0.15) is 29.3 Å². The Balaban J connectivity index is 3.00. The average molecular weight is 335 g/mol. The summed E-state index contributed by atoms with van der Waals surface area (Å²) < 4.78 is 13.2. The summed E-state index contributed by atoms with van der Waals surface area (Å²) in [4.78, 5) is 24.1. The fourth-order valence-electron chi connectivity index (χ4n) is 2.77. The molecule has 1 heterocycles. The number of nitrogens with one attached hydrogen (secondary N) is 1. The molecule has 23 heavy (non-hydrogen) atoms. The lowest BCUT2D eigenvalue weighted by molar-refractivity contribution is -0.383. The minimum absolute atomic E-state index is 0.141. The number of nitrogens with zero attached hydrogens (tertiary/aromatic N) is 1. The van der Waals surface area contributed by atoms with Crippen molar-refractivity contribution in [2.24, 2.45) is 0 Å². The Morgan fingerprint density at radius 3 is 2.57 bits per heavy atom. The molecule has 7 heteroatoms. The minimum atomic E-state index is -1.92. The predicted octanol–water partition coefficient (Wildman–Crippen LogP) is 3.36. The van der Waals surface area contributed by atoms with Gasteiger partial charge in [-0.25, -0.2) is 4.79 Å². The van der Waals surface area contributed by atoms with E-state index < -0.39 is 19.0 Å². The molecule has 0 amide bonds. The number of methoxy groups -OCH3 is 1. The molecular weight excluding hydrogens is 312 g/mol. The van der Waals surface area contributed by atoms with Gasteiger partial charge in [-0.3, -0.25) is 10.1 Å². The molecule has 2 rings (SSSR count). The molecule has 0 unspecified atom stereocenters. The Kier molecular flexibility index (Phi) is 4.21. The maximum atomic E-state index is 11.9. The number of fused-ring (bicyclic) bond motifs is 1. The molecule has 124 valence electrons. The molecule has 1 N–H and O–H groups in total. The first-order valence-corrected chi connectivity index (χ1v) is 11.1. The molecule has 0 fully saturated rings. The van der Waals surface area contributed by atoms with Crippen LogP contribution in [-0.2, 0) is 11.2 Å². The number of aryl methyl sites for hydroxylation is 1. The molecule has 0 atom stereocenters. The Labute approximate surface area is 137 Å². The number of esters is 1. The zero-order chi connectivity index (χ0) is 18.2. The van der Waals surface area contributed by atoms with E-state index in [9.17, 15) is 14.9 Å². The first kappa shape index (κ1) is 15.7. The Morgan fingerprint density at radius 2 is 2.09 bits per heavy atom. The van der Waals surface area contributed by atoms with Gasteiger partial charge in [-0.15, -0.1) is 0 Å². The second-order valence-corrected chi connectivity index (χ2v) is 11.6. The third-order valence-corrected chi connectivity index (χ3v) is 5.59. The van der Waals surface area contributed by atoms with E-state index in [2.05, 4.69) is 19.6 Å². The SMILES string of the molecule is [2H]n1c([Si](C)(C)C)c(CCC)c2cc(C(=O)OC)cc([N+](=O)[O-])c21. The van der Waals surface area contributed by atoms with Crippen LogP contribution < -0.4 is 5.32 Å². The van der Waals surface area contributed by atoms with Gasteiger partial charge in [0.15, 0.2) is 1.41 Å². The largest absolute Gasteiger partial charge is 0.465 e. The molecule has 6 nitrogen and oxygen atoms in total. The highest BCUT2D eigenvalue weighted by Gasteiger charge is 2.28. The fourth-order valence-corrected chi connectivity index (χ4v) is 4.38. The van der Waals surface area contributed by atoms with E-state index in [1.807, 2.05) is 6.92 Å². The monoisotopic (exact) mass is 335 g/mol. The van der Waals surface area contributed by atoms with Gasteiger partial charge in [0, 0.05) is 16.8 Å². The first-order chi connectivity index (χ1) is 11.1. The second-order valence-electron chi connectivity index (χ2n) is 6.58. The van der Waals surface area contributed by atoms with Crippen molar-refractivity contribution < 1.29 is 15.9 Å². The molecule has 2 aromatic rings. The molecule has 0 radical (unpaired) electrons. The lowest BCUT2D eigenvalue weighted by Crippen LogP contribution is -2.40. The smallest absolute Gasteiger partial charge is 0.338 e. The second kappa shape index (κ2) is 6.15. The Bertz CT molecular complexity index is 824. The van der Waals surface area contributed by atoms with Gasteiger partial charge < -0.3 is 9.71 Å². The summed E-state index contributed by atoms with van der Waals surface area (Å²) in [6.45, 7) is 8.36. The quantitative estimate of drug-likeness (QED) is 0.393. The van der Waals surface area contributed by atoms with Crippen molar-refractivity contribution in [2.75, 3.05) is 7.11 Å². The highest BCUT2D eigenvalue weighted by Crippen LogP contribution is 2.30. The number of aromatic nitrogens is 1. The summed E-state index contributed by atoms with van der Waals surface area (Å²) in [5, 5.41) is 13.0. The van der Waals surface area contributed by atoms with E-state index in [1.54, 1.807) is 6.07 Å². The minimum Gasteiger partial charge on any atom is -0.465 e. The number of H-pyrrole nitrogens is 1. The maximum Gasteiger partial charge on any atom is 0.338 e. The molecule has 1 aromatic carbocycles. The predicted molar refractivity (Wildman–Crippen MR) is 93.3 cm³/mol. The van der Waals surface area contributed by atoms with Gasteiger partial charge >= 0.3 is 5.97 Å². The number of nitro groups is 1. The number of carbonyl (C=O) groups is 1. The fraction of sp³-hybridized carbons (Fsp3) is 0.438. The number of hydrogen-bond acceptors (Lipinski definition) is 4. The van der Waals surface area contributed by atoms with Crippen molar-refractivity contribution in [1.29, 1.82) is 0 Å². The van der Waals surface area contributed by atoms with E-state index in [-0.39, 0.29) is 16.8 Å². The van der Waals surface area contributed by atoms with Gasteiger partial charge in [0.25, 0.3) is 5.69 Å². The highest BCUT2D eigenvalue weighted by molar-refractivity contribution is 6.88. The standard InChI is InChI=1S/C16H22N2O4Si/c1-6-7-11-12-8-10(16(19)22-2)9-13(18(20)21)14(12)17-15(11)23(3,4)5/h8-9,17H,6-7H2,1-5H3/i/hD. The van der Waals surface area contributed by atoms with Gasteiger partial charge in [0.05, 0.1) is 25.7 Å². The van der Waals surface area contributed by atoms with Crippen molar-refractivity contribution in [3.8, 4) is 0 Å². The van der Waals surface area contributed by atoms with E-state index in [0.29, 0.717) is 11.8 Å². The summed E-state index contributed by atoms with van der Waals surface area (Å²) in [5.74, 6) is -0.616. The van der Waals surface area contributed by atoms with Crippen molar-refractivity contribution in [2.45, 2.75) is 39.4 Å². The molecule has 0 aliphatic rings. The summed E-state index contributed by atoms with van der Waals surface area (Å²) in [5.41, 5.74) is 1.11. The average Bonchev–Trinajstić information content (AvgIpc) is 2.78. The number of hydrogen-bond donors (Lipinski definition) is 1. The van der Waals surface area contributed by atoms with Crippen LogP contribution in [0, 0.1) is 10.1 Å². The van der Waals surface area contributed by atoms with Crippen LogP contribution in [0.3, 0.4) is 0 Å². The normalized spacial score (nSPS) is 12.3. The van der Waals surface area contributed by atoms with Gasteiger partial charge in [-0.1, -0.05) is 33.0 Å². The van der Waals surface area contributed by atoms with Gasteiger partial charge in [-0.2, -0.15) is 0 Å². The van der Waals surface area contributed by atoms with Crippen LogP contribution in [0.25, 0.3) is 10.9 Å². The van der Waals surface area contributed by atoms with Crippen molar-refractivity contribution in [1.82, 2.24) is 4.98 Å². The van der Waals surface area contributed by atoms with Crippen LogP contribution >= 0.6 is 0 Å². The van der Waals surface area contributed by atoms with Crippen LogP contribution in [0.4, 0.5) is 5.69 Å². The number of rotatable bonds is 5. The van der Waals surface area contributed by atoms with Gasteiger partial charge in [0.1, 0.15) is 5.52 Å². The summed E-state index contributed by atoms with van der Waals surface area (Å²) in [6, 6.07) is 2.82. The lowest BCUT2D eigenvalue weighted by Gasteiger charge is -2.16. The molecule has 0 spiro atoms. The third kappa shape index (κ3) is 3.14. The van der Waals surface area contributed by atoms with Crippen molar-refractivity contribution in [3.63, 3.8) is 0 Å². The number of non-ortho nitro benzene ring substituents is 1. The number of nitro benzene ring substituents is 1. The van der Waals surface area contributed by atoms with Crippen molar-refractivity contribution in [3.05, 3.63) is 33.4 Å². The number of ether oxygens (including phenoxy) is 1. The summed E-state index contributed by atoms with van der Waals surface area (Å²) >= 11 is 0. The van der Waals surface area contributed by atoms with E-state index in [1.165, 1.54) is 18.2 Å². The Morgan fingerprint density at radius 1 is 1.43 bits per heavy atom. The van der Waals surface area contributed by atoms with Crippen LogP contribution in [0.15, 0.2) is 12.1 Å². The van der Waals surface area contributed by atoms with E-state index in [4.69, 9.17) is 6.15 Å². The van der Waals surface area contributed by atoms with E-state index >= 15 is 0 Å². The molecule has 0 aliphatic heterocycles. The first-order valence-electron chi connectivity index (χ1n) is 8.02. The summed E-state index contributed by atoms with van der Waals surface area (Å²) in [6.07, 6.45) is 1.57. The zero-order valence-electron chi connectivity index (χ0n) is 15.1. The molecule has 1 aromatic heterocycles. The molecule has 0 saturated carbocycles. The van der Waals surface area contributed by atoms with Crippen molar-refractivity contribution >= 4 is 36.0 Å². The number of carbonyl (C=O) groups excluding carboxylic acids is 1. The van der Waals surface area contributed by atoms with Gasteiger partial charge in [0.2, 0.25) is 0 Å². The number of aromatic amines is 1. The third-order valence-electron chi connectivity index (χ3n) is 3.75. The van der Waals surface area contributed by atoms with Crippen LogP contribution in [0.2, 0.25) is 21.1 Å². The highest BCUT2D eigenvalue weighted by atomic mass is 28.3.